The number of nitrogens with zero attached hydrogens (tertiary/aromatic N) is 4. The van der Waals surface area contributed by atoms with Gasteiger partial charge in [0.05, 0.1) is 5.39 Å². The molecule has 3 heterocycles. The van der Waals surface area contributed by atoms with E-state index in [2.05, 4.69) is 18.3 Å². The van der Waals surface area contributed by atoms with Gasteiger partial charge in [-0.3, -0.25) is 4.79 Å². The van der Waals surface area contributed by atoms with Crippen molar-refractivity contribution in [1.29, 1.82) is 0 Å². The molecule has 0 aliphatic heterocycles. The molecular weight excluding hydrogens is 398 g/mol. The van der Waals surface area contributed by atoms with Gasteiger partial charge in [0, 0.05) is 41.8 Å². The van der Waals surface area contributed by atoms with Crippen LogP contribution in [0.4, 0.5) is 5.69 Å². The Bertz CT molecular complexity index is 1210. The van der Waals surface area contributed by atoms with E-state index in [-0.39, 0.29) is 5.91 Å². The van der Waals surface area contributed by atoms with Crippen LogP contribution in [0.1, 0.15) is 29.7 Å². The van der Waals surface area contributed by atoms with Crippen molar-refractivity contribution in [3.05, 3.63) is 70.6 Å². The van der Waals surface area contributed by atoms with Gasteiger partial charge in [0.15, 0.2) is 11.5 Å². The summed E-state index contributed by atoms with van der Waals surface area (Å²) in [5, 5.41) is 9.39. The molecule has 6 nitrogen and oxygen atoms in total. The van der Waals surface area contributed by atoms with Crippen molar-refractivity contribution in [2.45, 2.75) is 40.2 Å². The third kappa shape index (κ3) is 4.09. The van der Waals surface area contributed by atoms with Crippen LogP contribution in [0.2, 0.25) is 5.02 Å². The summed E-state index contributed by atoms with van der Waals surface area (Å²) in [6.07, 6.45) is 5.00. The fourth-order valence-electron chi connectivity index (χ4n) is 3.59. The van der Waals surface area contributed by atoms with Crippen molar-refractivity contribution in [1.82, 2.24) is 19.3 Å². The Kier molecular flexibility index (Phi) is 5.59. The van der Waals surface area contributed by atoms with Gasteiger partial charge in [0.25, 0.3) is 0 Å². The molecule has 0 bridgehead atoms. The second kappa shape index (κ2) is 8.32. The largest absolute Gasteiger partial charge is 0.326 e. The summed E-state index contributed by atoms with van der Waals surface area (Å²) in [4.78, 5) is 17.1. The molecule has 7 heteroatoms. The van der Waals surface area contributed by atoms with Crippen LogP contribution in [0.5, 0.6) is 0 Å². The molecule has 0 unspecified atom stereocenters. The van der Waals surface area contributed by atoms with Crippen LogP contribution in [0.25, 0.3) is 16.9 Å². The smallest absolute Gasteiger partial charge is 0.224 e. The highest BCUT2D eigenvalue weighted by atomic mass is 35.5. The highest BCUT2D eigenvalue weighted by Gasteiger charge is 2.16. The first kappa shape index (κ1) is 20.2. The van der Waals surface area contributed by atoms with Crippen molar-refractivity contribution in [3.8, 4) is 5.82 Å². The molecule has 0 aliphatic rings. The number of halogens is 1. The Morgan fingerprint density at radius 1 is 1.10 bits per heavy atom. The number of aryl methyl sites for hydroxylation is 4. The number of hydrogen-bond donors (Lipinski definition) is 1. The van der Waals surface area contributed by atoms with E-state index in [1.54, 1.807) is 6.07 Å². The molecule has 0 aliphatic carbocycles. The summed E-state index contributed by atoms with van der Waals surface area (Å²) in [7, 11) is 0. The summed E-state index contributed by atoms with van der Waals surface area (Å²) >= 11 is 6.14. The number of hydrogen-bond acceptors (Lipinski definition) is 3. The number of nitrogens with one attached hydrogen (secondary N) is 1. The molecule has 1 amide bonds. The first-order valence-electron chi connectivity index (χ1n) is 9.96. The maximum atomic E-state index is 12.4. The van der Waals surface area contributed by atoms with Gasteiger partial charge in [-0.25, -0.2) is 9.67 Å². The van der Waals surface area contributed by atoms with Gasteiger partial charge in [-0.1, -0.05) is 17.7 Å². The number of anilines is 1. The standard InChI is InChI=1S/C23H24ClN5O/c1-15-8-9-18(14-19(15)24)26-20(30)7-6-12-29-22-21(16(2)13-17(3)25-22)23(27-29)28-10-4-5-11-28/h4-5,8-11,13-14H,6-7,12H2,1-3H3,(H,26,30). The zero-order valence-corrected chi connectivity index (χ0v) is 18.1. The molecule has 1 N–H and O–H groups in total. The van der Waals surface area contributed by atoms with Gasteiger partial charge in [-0.05, 0) is 68.7 Å². The average Bonchev–Trinajstić information content (AvgIpc) is 3.33. The molecule has 0 fully saturated rings. The average molecular weight is 422 g/mol. The topological polar surface area (TPSA) is 64.7 Å². The van der Waals surface area contributed by atoms with Gasteiger partial charge < -0.3 is 9.88 Å². The fraction of sp³-hybridized carbons (Fsp3) is 0.261. The number of fused-ring (bicyclic) bond motifs is 1. The highest BCUT2D eigenvalue weighted by molar-refractivity contribution is 6.31. The molecule has 154 valence electrons. The molecule has 4 aromatic rings. The molecular formula is C23H24ClN5O. The number of pyridine rings is 1. The molecule has 0 radical (unpaired) electrons. The minimum atomic E-state index is -0.0441. The first-order valence-corrected chi connectivity index (χ1v) is 10.3. The maximum absolute atomic E-state index is 12.4. The normalized spacial score (nSPS) is 11.2. The molecule has 0 atom stereocenters. The Balaban J connectivity index is 1.50. The van der Waals surface area contributed by atoms with Gasteiger partial charge in [-0.15, -0.1) is 0 Å². The van der Waals surface area contributed by atoms with Crippen LogP contribution in [0.3, 0.4) is 0 Å². The number of amides is 1. The van der Waals surface area contributed by atoms with E-state index in [4.69, 9.17) is 21.7 Å². The monoisotopic (exact) mass is 421 g/mol. The van der Waals surface area contributed by atoms with Gasteiger partial charge >= 0.3 is 0 Å². The van der Waals surface area contributed by atoms with E-state index in [0.717, 1.165) is 33.7 Å². The molecule has 30 heavy (non-hydrogen) atoms. The van der Waals surface area contributed by atoms with E-state index in [0.29, 0.717) is 30.1 Å². The number of rotatable bonds is 6. The van der Waals surface area contributed by atoms with E-state index in [9.17, 15) is 4.79 Å². The van der Waals surface area contributed by atoms with Gasteiger partial charge in [-0.2, -0.15) is 5.10 Å². The molecule has 0 spiro atoms. The van der Waals surface area contributed by atoms with Crippen LogP contribution in [0.15, 0.2) is 48.8 Å². The van der Waals surface area contributed by atoms with Crippen molar-refractivity contribution < 1.29 is 4.79 Å². The summed E-state index contributed by atoms with van der Waals surface area (Å²) in [6, 6.07) is 11.6. The maximum Gasteiger partial charge on any atom is 0.224 e. The fourth-order valence-corrected chi connectivity index (χ4v) is 3.77. The van der Waals surface area contributed by atoms with Gasteiger partial charge in [0.1, 0.15) is 0 Å². The lowest BCUT2D eigenvalue weighted by molar-refractivity contribution is -0.116. The zero-order valence-electron chi connectivity index (χ0n) is 17.3. The zero-order chi connectivity index (χ0) is 21.3. The van der Waals surface area contributed by atoms with Crippen LogP contribution in [-0.4, -0.2) is 25.2 Å². The van der Waals surface area contributed by atoms with E-state index < -0.39 is 0 Å². The SMILES string of the molecule is Cc1cc(C)c2c(-n3cccc3)nn(CCCC(=O)Nc3ccc(C)c(Cl)c3)c2n1. The van der Waals surface area contributed by atoms with Crippen molar-refractivity contribution in [2.75, 3.05) is 5.32 Å². The lowest BCUT2D eigenvalue weighted by Gasteiger charge is -2.07. The minimum Gasteiger partial charge on any atom is -0.326 e. The Morgan fingerprint density at radius 2 is 1.87 bits per heavy atom. The van der Waals surface area contributed by atoms with Crippen LogP contribution >= 0.6 is 11.6 Å². The Hall–Kier alpha value is -3.12. The van der Waals surface area contributed by atoms with Crippen LogP contribution < -0.4 is 5.32 Å². The predicted octanol–water partition coefficient (Wildman–Crippen LogP) is 5.22. The number of aromatic nitrogens is 4. The number of carbonyl (C=O) groups excluding carboxylic acids is 1. The van der Waals surface area contributed by atoms with Gasteiger partial charge in [0.2, 0.25) is 5.91 Å². The minimum absolute atomic E-state index is 0.0441. The Labute approximate surface area is 180 Å². The molecule has 1 aromatic carbocycles. The highest BCUT2D eigenvalue weighted by Crippen LogP contribution is 2.25. The van der Waals surface area contributed by atoms with Crippen molar-refractivity contribution >= 4 is 34.2 Å². The summed E-state index contributed by atoms with van der Waals surface area (Å²) < 4.78 is 3.90. The molecule has 0 saturated carbocycles. The number of benzene rings is 1. The predicted molar refractivity (Wildman–Crippen MR) is 120 cm³/mol. The van der Waals surface area contributed by atoms with Crippen molar-refractivity contribution in [3.63, 3.8) is 0 Å². The van der Waals surface area contributed by atoms with E-state index in [1.807, 2.05) is 59.8 Å². The summed E-state index contributed by atoms with van der Waals surface area (Å²) in [5.74, 6) is 0.816. The van der Waals surface area contributed by atoms with Crippen LogP contribution in [0, 0.1) is 20.8 Å². The molecule has 4 rings (SSSR count). The third-order valence-corrected chi connectivity index (χ3v) is 5.49. The summed E-state index contributed by atoms with van der Waals surface area (Å²) in [5.41, 5.74) is 4.64. The lowest BCUT2D eigenvalue weighted by Crippen LogP contribution is -2.13. The number of carbonyl (C=O) groups is 1. The quantitative estimate of drug-likeness (QED) is 0.464. The summed E-state index contributed by atoms with van der Waals surface area (Å²) in [6.45, 7) is 6.60. The second-order valence-electron chi connectivity index (χ2n) is 7.53. The third-order valence-electron chi connectivity index (χ3n) is 5.09. The lowest BCUT2D eigenvalue weighted by atomic mass is 10.2. The van der Waals surface area contributed by atoms with E-state index >= 15 is 0 Å². The Morgan fingerprint density at radius 3 is 2.60 bits per heavy atom. The molecule has 0 saturated heterocycles. The van der Waals surface area contributed by atoms with Crippen LogP contribution in [-0.2, 0) is 11.3 Å². The van der Waals surface area contributed by atoms with E-state index in [1.165, 1.54) is 0 Å². The molecule has 3 aromatic heterocycles. The first-order chi connectivity index (χ1) is 14.4. The second-order valence-corrected chi connectivity index (χ2v) is 7.94. The van der Waals surface area contributed by atoms with Crippen molar-refractivity contribution in [2.24, 2.45) is 0 Å².